The Balaban J connectivity index is 1.36. The number of carbonyl (C=O) groups excluding carboxylic acids is 1. The van der Waals surface area contributed by atoms with E-state index in [4.69, 9.17) is 4.74 Å². The zero-order chi connectivity index (χ0) is 17.5. The molecule has 5 fully saturated rings. The molecule has 10 unspecified atom stereocenters. The van der Waals surface area contributed by atoms with Crippen LogP contribution in [0, 0.1) is 59.2 Å². The Morgan fingerprint density at radius 3 is 2.40 bits per heavy atom. The highest BCUT2D eigenvalue weighted by Crippen LogP contribution is 2.65. The summed E-state index contributed by atoms with van der Waals surface area (Å²) in [5, 5.41) is 0. The lowest BCUT2D eigenvalue weighted by atomic mass is 9.68. The molecule has 5 saturated carbocycles. The summed E-state index contributed by atoms with van der Waals surface area (Å²) < 4.78 is 6.58. The lowest BCUT2D eigenvalue weighted by Gasteiger charge is -2.46. The molecule has 5 rings (SSSR count). The van der Waals surface area contributed by atoms with Crippen molar-refractivity contribution in [1.29, 1.82) is 0 Å². The summed E-state index contributed by atoms with van der Waals surface area (Å²) in [5.74, 6) is 7.01. The first-order valence-corrected chi connectivity index (χ1v) is 11.1. The molecule has 0 aliphatic heterocycles. The molecule has 140 valence electrons. The van der Waals surface area contributed by atoms with Gasteiger partial charge < -0.3 is 4.74 Å². The smallest absolute Gasteiger partial charge is 0.309 e. The van der Waals surface area contributed by atoms with Gasteiger partial charge in [0.15, 0.2) is 0 Å². The molecule has 2 heteroatoms. The van der Waals surface area contributed by atoms with Gasteiger partial charge in [-0.25, -0.2) is 0 Å². The third kappa shape index (κ3) is 2.12. The first-order valence-electron chi connectivity index (χ1n) is 11.1. The molecule has 10 atom stereocenters. The third-order valence-corrected chi connectivity index (χ3v) is 9.98. The van der Waals surface area contributed by atoms with Crippen LogP contribution in [0.2, 0.25) is 0 Å². The molecule has 4 bridgehead atoms. The molecule has 2 nitrogen and oxygen atoms in total. The first kappa shape index (κ1) is 16.6. The van der Waals surface area contributed by atoms with Gasteiger partial charge >= 0.3 is 5.97 Å². The van der Waals surface area contributed by atoms with Crippen LogP contribution in [-0.2, 0) is 9.53 Å². The van der Waals surface area contributed by atoms with E-state index in [0.717, 1.165) is 42.4 Å². The lowest BCUT2D eigenvalue weighted by Crippen LogP contribution is -2.50. The van der Waals surface area contributed by atoms with Crippen LogP contribution < -0.4 is 0 Å². The molecular weight excluding hydrogens is 308 g/mol. The predicted octanol–water partition coefficient (Wildman–Crippen LogP) is 5.31. The molecule has 0 aromatic heterocycles. The predicted molar refractivity (Wildman–Crippen MR) is 98.7 cm³/mol. The van der Waals surface area contributed by atoms with Crippen molar-refractivity contribution in [1.82, 2.24) is 0 Å². The Morgan fingerprint density at radius 2 is 1.72 bits per heavy atom. The molecule has 0 amide bonds. The third-order valence-electron chi connectivity index (χ3n) is 9.98. The summed E-state index contributed by atoms with van der Waals surface area (Å²) in [5.41, 5.74) is -0.135. The Hall–Kier alpha value is -0.530. The van der Waals surface area contributed by atoms with Crippen LogP contribution in [0.4, 0.5) is 0 Å². The molecule has 5 aliphatic rings. The molecule has 0 aromatic rings. The second-order valence-electron chi connectivity index (χ2n) is 10.8. The fourth-order valence-electron chi connectivity index (χ4n) is 8.51. The highest BCUT2D eigenvalue weighted by Gasteiger charge is 2.64. The summed E-state index contributed by atoms with van der Waals surface area (Å²) in [6.45, 7) is 9.38. The maximum absolute atomic E-state index is 13.3. The highest BCUT2D eigenvalue weighted by atomic mass is 16.6. The molecule has 5 aliphatic carbocycles. The minimum absolute atomic E-state index is 0.135. The second kappa shape index (κ2) is 5.49. The maximum Gasteiger partial charge on any atom is 0.309 e. The van der Waals surface area contributed by atoms with E-state index in [-0.39, 0.29) is 17.5 Å². The average molecular weight is 345 g/mol. The Labute approximate surface area is 153 Å². The molecule has 0 heterocycles. The van der Waals surface area contributed by atoms with Gasteiger partial charge in [-0.1, -0.05) is 34.1 Å². The number of esters is 1. The van der Waals surface area contributed by atoms with Crippen LogP contribution in [0.3, 0.4) is 0 Å². The molecule has 0 radical (unpaired) electrons. The van der Waals surface area contributed by atoms with Crippen molar-refractivity contribution in [2.45, 2.75) is 78.2 Å². The topological polar surface area (TPSA) is 26.3 Å². The Morgan fingerprint density at radius 1 is 0.960 bits per heavy atom. The monoisotopic (exact) mass is 344 g/mol. The van der Waals surface area contributed by atoms with Crippen molar-refractivity contribution in [2.24, 2.45) is 59.2 Å². The Bertz CT molecular complexity index is 566. The van der Waals surface area contributed by atoms with E-state index in [0.29, 0.717) is 23.7 Å². The van der Waals surface area contributed by atoms with Crippen molar-refractivity contribution >= 4 is 5.97 Å². The fourth-order valence-corrected chi connectivity index (χ4v) is 8.51. The standard InChI is InChI=1S/C23H36O2/c1-12(2)23(11-16-10-21(23)18-7-5-6-17(16)18)25-22(24)20-9-15-8-19(20)14(4)13(15)3/h12-21H,5-11H2,1-4H3. The maximum atomic E-state index is 13.3. The van der Waals surface area contributed by atoms with Crippen LogP contribution in [0.5, 0.6) is 0 Å². The van der Waals surface area contributed by atoms with Gasteiger partial charge in [-0.3, -0.25) is 4.79 Å². The zero-order valence-electron chi connectivity index (χ0n) is 16.5. The van der Waals surface area contributed by atoms with Crippen molar-refractivity contribution < 1.29 is 9.53 Å². The van der Waals surface area contributed by atoms with Gasteiger partial charge in [0.05, 0.1) is 5.92 Å². The van der Waals surface area contributed by atoms with Gasteiger partial charge in [0, 0.05) is 5.92 Å². The molecule has 0 N–H and O–H groups in total. The van der Waals surface area contributed by atoms with Crippen molar-refractivity contribution in [3.63, 3.8) is 0 Å². The fraction of sp³-hybridized carbons (Fsp3) is 0.957. The van der Waals surface area contributed by atoms with Crippen LogP contribution in [-0.4, -0.2) is 11.6 Å². The summed E-state index contributed by atoms with van der Waals surface area (Å²) in [6.07, 6.45) is 9.11. The largest absolute Gasteiger partial charge is 0.458 e. The number of rotatable bonds is 3. The normalized spacial score (nSPS) is 56.0. The van der Waals surface area contributed by atoms with E-state index in [2.05, 4.69) is 27.7 Å². The van der Waals surface area contributed by atoms with Gasteiger partial charge in [0.1, 0.15) is 5.60 Å². The van der Waals surface area contributed by atoms with Crippen LogP contribution in [0.1, 0.15) is 72.6 Å². The zero-order valence-corrected chi connectivity index (χ0v) is 16.5. The van der Waals surface area contributed by atoms with E-state index in [9.17, 15) is 4.79 Å². The van der Waals surface area contributed by atoms with Crippen molar-refractivity contribution in [3.8, 4) is 0 Å². The van der Waals surface area contributed by atoms with Crippen molar-refractivity contribution in [3.05, 3.63) is 0 Å². The number of hydrogen-bond donors (Lipinski definition) is 0. The summed E-state index contributed by atoms with van der Waals surface area (Å²) in [7, 11) is 0. The average Bonchev–Trinajstić information content (AvgIpc) is 3.32. The minimum Gasteiger partial charge on any atom is -0.458 e. The van der Waals surface area contributed by atoms with Gasteiger partial charge in [-0.15, -0.1) is 0 Å². The van der Waals surface area contributed by atoms with E-state index < -0.39 is 0 Å². The molecular formula is C23H36O2. The van der Waals surface area contributed by atoms with Crippen LogP contribution in [0.15, 0.2) is 0 Å². The van der Waals surface area contributed by atoms with Crippen LogP contribution in [0.25, 0.3) is 0 Å². The van der Waals surface area contributed by atoms with E-state index >= 15 is 0 Å². The molecule has 0 saturated heterocycles. The van der Waals surface area contributed by atoms with Gasteiger partial charge in [-0.2, -0.15) is 0 Å². The van der Waals surface area contributed by atoms with Crippen LogP contribution >= 0.6 is 0 Å². The molecule has 0 aromatic carbocycles. The van der Waals surface area contributed by atoms with E-state index in [1.807, 2.05) is 0 Å². The minimum atomic E-state index is -0.135. The highest BCUT2D eigenvalue weighted by molar-refractivity contribution is 5.74. The second-order valence-corrected chi connectivity index (χ2v) is 10.8. The van der Waals surface area contributed by atoms with Gasteiger partial charge in [0.2, 0.25) is 0 Å². The van der Waals surface area contributed by atoms with E-state index in [1.165, 1.54) is 32.1 Å². The number of ether oxygens (including phenoxy) is 1. The SMILES string of the molecule is CC1C2CC(C(=O)OC3(C(C)C)CC4CC3C3CCCC43)C(C2)C1C. The first-order chi connectivity index (χ1) is 11.9. The summed E-state index contributed by atoms with van der Waals surface area (Å²) in [6, 6.07) is 0. The Kier molecular flexibility index (Phi) is 3.65. The van der Waals surface area contributed by atoms with Crippen molar-refractivity contribution in [2.75, 3.05) is 0 Å². The lowest BCUT2D eigenvalue weighted by molar-refractivity contribution is -0.185. The molecule has 0 spiro atoms. The number of fused-ring (bicyclic) bond motifs is 7. The summed E-state index contributed by atoms with van der Waals surface area (Å²) >= 11 is 0. The number of hydrogen-bond acceptors (Lipinski definition) is 2. The quantitative estimate of drug-likeness (QED) is 0.649. The molecule has 25 heavy (non-hydrogen) atoms. The van der Waals surface area contributed by atoms with E-state index in [1.54, 1.807) is 0 Å². The van der Waals surface area contributed by atoms with Gasteiger partial charge in [-0.05, 0) is 85.9 Å². The number of carbonyl (C=O) groups is 1. The van der Waals surface area contributed by atoms with Gasteiger partial charge in [0.25, 0.3) is 0 Å². The summed E-state index contributed by atoms with van der Waals surface area (Å²) in [4.78, 5) is 13.3.